The third-order valence-electron chi connectivity index (χ3n) is 5.84. The molecule has 0 aliphatic carbocycles. The number of halogens is 2. The van der Waals surface area contributed by atoms with Crippen LogP contribution in [0.2, 0.25) is 5.02 Å². The minimum atomic E-state index is -1.35. The Labute approximate surface area is 202 Å². The maximum atomic E-state index is 14.6. The fraction of sp³-hybridized carbons (Fsp3) is 0.385. The van der Waals surface area contributed by atoms with E-state index in [0.717, 1.165) is 0 Å². The van der Waals surface area contributed by atoms with Crippen LogP contribution in [0.5, 0.6) is 5.75 Å². The number of ether oxygens (including phenoxy) is 1. The van der Waals surface area contributed by atoms with E-state index in [4.69, 9.17) is 16.3 Å². The number of hydrogen-bond donors (Lipinski definition) is 2. The first-order valence-corrected chi connectivity index (χ1v) is 11.5. The van der Waals surface area contributed by atoms with E-state index in [0.29, 0.717) is 35.4 Å². The molecule has 6 nitrogen and oxygen atoms in total. The van der Waals surface area contributed by atoms with Gasteiger partial charge < -0.3 is 19.5 Å². The van der Waals surface area contributed by atoms with Crippen LogP contribution in [0.25, 0.3) is 10.9 Å². The van der Waals surface area contributed by atoms with Gasteiger partial charge in [-0.05, 0) is 48.1 Å². The second-order valence-corrected chi connectivity index (χ2v) is 9.70. The Hall–Kier alpha value is -2.90. The summed E-state index contributed by atoms with van der Waals surface area (Å²) in [6.07, 6.45) is 1.82. The molecule has 34 heavy (non-hydrogen) atoms. The minimum Gasteiger partial charge on any atom is -0.492 e. The van der Waals surface area contributed by atoms with E-state index in [2.05, 4.69) is 0 Å². The van der Waals surface area contributed by atoms with E-state index < -0.39 is 17.2 Å². The highest BCUT2D eigenvalue weighted by Gasteiger charge is 2.30. The van der Waals surface area contributed by atoms with Gasteiger partial charge in [-0.1, -0.05) is 44.5 Å². The number of aromatic nitrogens is 1. The molecule has 182 valence electrons. The third-order valence-corrected chi connectivity index (χ3v) is 6.14. The Morgan fingerprint density at radius 1 is 1.26 bits per heavy atom. The van der Waals surface area contributed by atoms with Crippen molar-refractivity contribution >= 4 is 28.5 Å². The summed E-state index contributed by atoms with van der Waals surface area (Å²) < 4.78 is 22.2. The molecular formula is C26H29ClFNO5. The number of aliphatic hydroxyl groups is 1. The molecule has 0 amide bonds. The zero-order chi connectivity index (χ0) is 25.2. The van der Waals surface area contributed by atoms with Gasteiger partial charge in [0, 0.05) is 25.3 Å². The number of nitrogens with zero attached hydrogens (tertiary/aromatic N) is 1. The second kappa shape index (κ2) is 10.2. The van der Waals surface area contributed by atoms with Gasteiger partial charge in [-0.25, -0.2) is 9.18 Å². The predicted octanol–water partition coefficient (Wildman–Crippen LogP) is 5.45. The average molecular weight is 490 g/mol. The Balaban J connectivity index is 2.38. The monoisotopic (exact) mass is 489 g/mol. The van der Waals surface area contributed by atoms with Crippen LogP contribution in [0.3, 0.4) is 0 Å². The average Bonchev–Trinajstić information content (AvgIpc) is 2.75. The lowest BCUT2D eigenvalue weighted by Gasteiger charge is -2.34. The molecule has 2 aromatic carbocycles. The number of carboxylic acid groups (broad SMARTS) is 1. The van der Waals surface area contributed by atoms with Crippen molar-refractivity contribution in [3.63, 3.8) is 0 Å². The van der Waals surface area contributed by atoms with Gasteiger partial charge in [0.05, 0.1) is 22.5 Å². The van der Waals surface area contributed by atoms with Crippen LogP contribution in [0.15, 0.2) is 41.3 Å². The third kappa shape index (κ3) is 5.10. The first-order chi connectivity index (χ1) is 16.0. The smallest absolute Gasteiger partial charge is 0.341 e. The molecule has 8 heteroatoms. The first kappa shape index (κ1) is 25.7. The fourth-order valence-corrected chi connectivity index (χ4v) is 4.49. The van der Waals surface area contributed by atoms with Crippen molar-refractivity contribution in [1.82, 2.24) is 4.57 Å². The molecule has 1 unspecified atom stereocenters. The number of carbonyl (C=O) groups is 1. The summed E-state index contributed by atoms with van der Waals surface area (Å²) in [7, 11) is 0. The van der Waals surface area contributed by atoms with E-state index in [-0.39, 0.29) is 40.5 Å². The van der Waals surface area contributed by atoms with E-state index in [1.165, 1.54) is 12.3 Å². The highest BCUT2D eigenvalue weighted by atomic mass is 35.5. The largest absolute Gasteiger partial charge is 0.492 e. The van der Waals surface area contributed by atoms with Crippen LogP contribution in [0.1, 0.15) is 61.6 Å². The van der Waals surface area contributed by atoms with Crippen molar-refractivity contribution in [2.24, 2.45) is 5.41 Å². The molecule has 2 N–H and O–H groups in total. The van der Waals surface area contributed by atoms with E-state index in [9.17, 15) is 24.2 Å². The Morgan fingerprint density at radius 3 is 2.56 bits per heavy atom. The summed E-state index contributed by atoms with van der Waals surface area (Å²) in [5, 5.41) is 19.6. The Bertz CT molecular complexity index is 1280. The van der Waals surface area contributed by atoms with Crippen LogP contribution in [-0.2, 0) is 6.42 Å². The quantitative estimate of drug-likeness (QED) is 0.439. The van der Waals surface area contributed by atoms with Gasteiger partial charge in [0.2, 0.25) is 5.43 Å². The number of pyridine rings is 1. The van der Waals surface area contributed by atoms with Crippen LogP contribution >= 0.6 is 11.6 Å². The molecule has 1 atom stereocenters. The zero-order valence-electron chi connectivity index (χ0n) is 19.7. The maximum absolute atomic E-state index is 14.6. The normalized spacial score (nSPS) is 12.7. The summed E-state index contributed by atoms with van der Waals surface area (Å²) >= 11 is 5.93. The van der Waals surface area contributed by atoms with E-state index in [1.54, 1.807) is 35.8 Å². The Morgan fingerprint density at radius 2 is 1.97 bits per heavy atom. The van der Waals surface area contributed by atoms with Crippen molar-refractivity contribution in [2.75, 3.05) is 13.2 Å². The SMILES string of the molecule is CCOc1cc(Cc2cccc(Cl)c2F)cc2c(=O)c(C(=O)O)cn(C(CCO)C(C)(C)C)c12. The zero-order valence-corrected chi connectivity index (χ0v) is 20.4. The van der Waals surface area contributed by atoms with Crippen LogP contribution in [-0.4, -0.2) is 34.0 Å². The van der Waals surface area contributed by atoms with Gasteiger partial charge in [-0.3, -0.25) is 4.79 Å². The van der Waals surface area contributed by atoms with Crippen LogP contribution in [0.4, 0.5) is 4.39 Å². The predicted molar refractivity (Wildman–Crippen MR) is 131 cm³/mol. The molecule has 0 fully saturated rings. The fourth-order valence-electron chi connectivity index (χ4n) is 4.29. The van der Waals surface area contributed by atoms with Crippen molar-refractivity contribution in [2.45, 2.75) is 46.6 Å². The molecule has 3 rings (SSSR count). The van der Waals surface area contributed by atoms with Gasteiger partial charge in [-0.15, -0.1) is 0 Å². The number of aliphatic hydroxyl groups excluding tert-OH is 1. The summed E-state index contributed by atoms with van der Waals surface area (Å²) in [4.78, 5) is 25.2. The summed E-state index contributed by atoms with van der Waals surface area (Å²) in [6.45, 7) is 7.93. The van der Waals surface area contributed by atoms with E-state index >= 15 is 0 Å². The van der Waals surface area contributed by atoms with Crippen molar-refractivity contribution in [1.29, 1.82) is 0 Å². The molecular weight excluding hydrogens is 461 g/mol. The molecule has 1 heterocycles. The number of carboxylic acids is 1. The van der Waals surface area contributed by atoms with Gasteiger partial charge >= 0.3 is 5.97 Å². The summed E-state index contributed by atoms with van der Waals surface area (Å²) in [6, 6.07) is 7.70. The van der Waals surface area contributed by atoms with Crippen molar-refractivity contribution in [3.05, 3.63) is 74.3 Å². The lowest BCUT2D eigenvalue weighted by molar-refractivity contribution is 0.0693. The van der Waals surface area contributed by atoms with Crippen LogP contribution in [0, 0.1) is 11.2 Å². The van der Waals surface area contributed by atoms with Crippen molar-refractivity contribution in [3.8, 4) is 5.75 Å². The standard InChI is InChI=1S/C26H29ClFNO5/c1-5-34-20-13-15(11-16-7-6-8-19(27)22(16)28)12-17-23(20)29(14-18(24(17)31)25(32)33)21(9-10-30)26(2,3)4/h6-8,12-14,21,30H,5,9-11H2,1-4H3,(H,32,33). The molecule has 0 aliphatic heterocycles. The highest BCUT2D eigenvalue weighted by molar-refractivity contribution is 6.30. The summed E-state index contributed by atoms with van der Waals surface area (Å²) in [5.74, 6) is -1.50. The van der Waals surface area contributed by atoms with Crippen LogP contribution < -0.4 is 10.2 Å². The molecule has 0 radical (unpaired) electrons. The molecule has 0 bridgehead atoms. The first-order valence-electron chi connectivity index (χ1n) is 11.1. The number of benzene rings is 2. The number of hydrogen-bond acceptors (Lipinski definition) is 4. The van der Waals surface area contributed by atoms with Gasteiger partial charge in [0.15, 0.2) is 0 Å². The van der Waals surface area contributed by atoms with Gasteiger partial charge in [0.25, 0.3) is 0 Å². The molecule has 1 aromatic heterocycles. The number of fused-ring (bicyclic) bond motifs is 1. The van der Waals surface area contributed by atoms with Gasteiger partial charge in [0.1, 0.15) is 17.1 Å². The minimum absolute atomic E-state index is 0.00383. The molecule has 0 spiro atoms. The molecule has 0 saturated heterocycles. The lowest BCUT2D eigenvalue weighted by atomic mass is 9.84. The molecule has 3 aromatic rings. The topological polar surface area (TPSA) is 88.8 Å². The van der Waals surface area contributed by atoms with E-state index in [1.807, 2.05) is 20.8 Å². The number of aromatic carboxylic acids is 1. The lowest BCUT2D eigenvalue weighted by Crippen LogP contribution is -2.29. The molecule has 0 aliphatic rings. The Kier molecular flexibility index (Phi) is 7.68. The highest BCUT2D eigenvalue weighted by Crippen LogP contribution is 2.38. The maximum Gasteiger partial charge on any atom is 0.341 e. The number of rotatable bonds is 8. The second-order valence-electron chi connectivity index (χ2n) is 9.29. The van der Waals surface area contributed by atoms with Gasteiger partial charge in [-0.2, -0.15) is 0 Å². The summed E-state index contributed by atoms with van der Waals surface area (Å²) in [5.41, 5.74) is -0.0276. The molecule has 0 saturated carbocycles. The van der Waals surface area contributed by atoms with Crippen molar-refractivity contribution < 1.29 is 24.1 Å².